The van der Waals surface area contributed by atoms with Crippen molar-refractivity contribution in [3.63, 3.8) is 0 Å². The van der Waals surface area contributed by atoms with Crippen LogP contribution >= 0.6 is 0 Å². The third-order valence-electron chi connectivity index (χ3n) is 4.05. The van der Waals surface area contributed by atoms with Crippen LogP contribution in [0.3, 0.4) is 0 Å². The van der Waals surface area contributed by atoms with E-state index in [9.17, 15) is 4.79 Å². The maximum absolute atomic E-state index is 12.0. The van der Waals surface area contributed by atoms with E-state index in [0.717, 1.165) is 17.7 Å². The number of nitrogens with one attached hydrogen (secondary N) is 2. The van der Waals surface area contributed by atoms with Crippen LogP contribution in [0.4, 0.5) is 4.79 Å². The number of benzene rings is 1. The monoisotopic (exact) mass is 316 g/mol. The lowest BCUT2D eigenvalue weighted by Crippen LogP contribution is -2.50. The van der Waals surface area contributed by atoms with Crippen LogP contribution in [0.25, 0.3) is 5.69 Å². The van der Waals surface area contributed by atoms with Gasteiger partial charge in [-0.05, 0) is 37.5 Å². The third-order valence-corrected chi connectivity index (χ3v) is 4.05. The van der Waals surface area contributed by atoms with Crippen LogP contribution in [0.1, 0.15) is 32.3 Å². The molecule has 6 nitrogen and oxygen atoms in total. The van der Waals surface area contributed by atoms with Gasteiger partial charge >= 0.3 is 6.03 Å². The molecular formula is C17H24N4O2. The Morgan fingerprint density at radius 3 is 2.65 bits per heavy atom. The molecule has 0 aliphatic heterocycles. The second kappa shape index (κ2) is 7.78. The molecule has 0 spiro atoms. The van der Waals surface area contributed by atoms with Crippen LogP contribution in [0.5, 0.6) is 0 Å². The normalized spacial score (nSPS) is 13.3. The zero-order chi connectivity index (χ0) is 16.7. The number of aliphatic hydroxyl groups excluding tert-OH is 1. The van der Waals surface area contributed by atoms with Crippen LogP contribution in [0.2, 0.25) is 0 Å². The van der Waals surface area contributed by atoms with E-state index >= 15 is 0 Å². The Kier molecular flexibility index (Phi) is 5.76. The van der Waals surface area contributed by atoms with E-state index in [1.165, 1.54) is 0 Å². The molecule has 0 radical (unpaired) electrons. The molecule has 1 unspecified atom stereocenters. The van der Waals surface area contributed by atoms with Crippen molar-refractivity contribution in [3.8, 4) is 5.69 Å². The average Bonchev–Trinajstić information content (AvgIpc) is 3.08. The highest BCUT2D eigenvalue weighted by molar-refractivity contribution is 5.74. The number of aromatic nitrogens is 2. The Morgan fingerprint density at radius 2 is 2.09 bits per heavy atom. The van der Waals surface area contributed by atoms with E-state index in [-0.39, 0.29) is 18.2 Å². The van der Waals surface area contributed by atoms with E-state index in [4.69, 9.17) is 5.11 Å². The predicted molar refractivity (Wildman–Crippen MR) is 89.3 cm³/mol. The van der Waals surface area contributed by atoms with Gasteiger partial charge in [0, 0.05) is 36.8 Å². The van der Waals surface area contributed by atoms with Crippen LogP contribution in [0, 0.1) is 0 Å². The Balaban J connectivity index is 1.87. The summed E-state index contributed by atoms with van der Waals surface area (Å²) in [6, 6.07) is 7.70. The summed E-state index contributed by atoms with van der Waals surface area (Å²) in [5.74, 6) is 0. The van der Waals surface area contributed by atoms with E-state index in [0.29, 0.717) is 13.0 Å². The van der Waals surface area contributed by atoms with Gasteiger partial charge in [-0.2, -0.15) is 0 Å². The van der Waals surface area contributed by atoms with Crippen LogP contribution in [-0.2, 0) is 6.54 Å². The summed E-state index contributed by atoms with van der Waals surface area (Å²) in [6.45, 7) is 4.43. The summed E-state index contributed by atoms with van der Waals surface area (Å²) in [7, 11) is 0. The molecule has 1 aromatic carbocycles. The molecule has 0 aliphatic carbocycles. The number of hydrogen-bond donors (Lipinski definition) is 3. The molecule has 0 saturated heterocycles. The molecule has 23 heavy (non-hydrogen) atoms. The number of carbonyl (C=O) groups is 1. The molecule has 3 N–H and O–H groups in total. The van der Waals surface area contributed by atoms with Gasteiger partial charge in [-0.3, -0.25) is 0 Å². The summed E-state index contributed by atoms with van der Waals surface area (Å²) in [5.41, 5.74) is 1.66. The Labute approximate surface area is 136 Å². The number of nitrogens with zero attached hydrogens (tertiary/aromatic N) is 2. The topological polar surface area (TPSA) is 79.2 Å². The van der Waals surface area contributed by atoms with Crippen molar-refractivity contribution in [2.24, 2.45) is 0 Å². The van der Waals surface area contributed by atoms with Gasteiger partial charge in [-0.25, -0.2) is 9.78 Å². The molecular weight excluding hydrogens is 292 g/mol. The van der Waals surface area contributed by atoms with Gasteiger partial charge < -0.3 is 20.3 Å². The van der Waals surface area contributed by atoms with E-state index in [1.54, 1.807) is 12.5 Å². The average molecular weight is 316 g/mol. The summed E-state index contributed by atoms with van der Waals surface area (Å²) >= 11 is 0. The minimum Gasteiger partial charge on any atom is -0.396 e. The number of hydrogen-bond acceptors (Lipinski definition) is 3. The van der Waals surface area contributed by atoms with Gasteiger partial charge in [0.2, 0.25) is 0 Å². The van der Waals surface area contributed by atoms with Crippen LogP contribution < -0.4 is 10.6 Å². The van der Waals surface area contributed by atoms with Gasteiger partial charge in [0.15, 0.2) is 0 Å². The first-order valence-corrected chi connectivity index (χ1v) is 7.80. The highest BCUT2D eigenvalue weighted by Crippen LogP contribution is 2.13. The molecule has 0 aliphatic rings. The standard InChI is InChI=1S/C17H24N4O2/c1-3-17(2,8-11-22)20-16(23)19-12-14-4-6-15(7-5-14)21-10-9-18-13-21/h4-7,9-10,13,22H,3,8,11-12H2,1-2H3,(H2,19,20,23). The van der Waals surface area contributed by atoms with E-state index in [1.807, 2.05) is 48.9 Å². The van der Waals surface area contributed by atoms with Crippen molar-refractivity contribution in [1.29, 1.82) is 0 Å². The maximum Gasteiger partial charge on any atom is 0.315 e. The Bertz CT molecular complexity index is 610. The highest BCUT2D eigenvalue weighted by Gasteiger charge is 2.23. The molecule has 0 bridgehead atoms. The van der Waals surface area contributed by atoms with Gasteiger partial charge in [-0.1, -0.05) is 19.1 Å². The Hall–Kier alpha value is -2.34. The SMILES string of the molecule is CCC(C)(CCO)NC(=O)NCc1ccc(-n2ccnc2)cc1. The van der Waals surface area contributed by atoms with Crippen molar-refractivity contribution in [3.05, 3.63) is 48.5 Å². The van der Waals surface area contributed by atoms with Gasteiger partial charge in [-0.15, -0.1) is 0 Å². The van der Waals surface area contributed by atoms with Crippen molar-refractivity contribution in [2.75, 3.05) is 6.61 Å². The molecule has 2 aromatic rings. The lowest BCUT2D eigenvalue weighted by Gasteiger charge is -2.29. The van der Waals surface area contributed by atoms with E-state index in [2.05, 4.69) is 15.6 Å². The fraction of sp³-hybridized carbons (Fsp3) is 0.412. The fourth-order valence-electron chi connectivity index (χ4n) is 2.27. The summed E-state index contributed by atoms with van der Waals surface area (Å²) < 4.78 is 1.92. The number of carbonyl (C=O) groups excluding carboxylic acids is 1. The summed E-state index contributed by atoms with van der Waals surface area (Å²) in [6.07, 6.45) is 6.66. The first-order chi connectivity index (χ1) is 11.1. The molecule has 1 heterocycles. The molecule has 124 valence electrons. The molecule has 6 heteroatoms. The molecule has 2 rings (SSSR count). The van der Waals surface area contributed by atoms with Crippen molar-refractivity contribution in [1.82, 2.24) is 20.2 Å². The number of urea groups is 1. The fourth-order valence-corrected chi connectivity index (χ4v) is 2.27. The Morgan fingerprint density at radius 1 is 1.35 bits per heavy atom. The van der Waals surface area contributed by atoms with Crippen molar-refractivity contribution < 1.29 is 9.90 Å². The van der Waals surface area contributed by atoms with Crippen molar-refractivity contribution >= 4 is 6.03 Å². The number of aliphatic hydroxyl groups is 1. The molecule has 1 aromatic heterocycles. The predicted octanol–water partition coefficient (Wildman–Crippen LogP) is 2.22. The van der Waals surface area contributed by atoms with Gasteiger partial charge in [0.1, 0.15) is 0 Å². The smallest absolute Gasteiger partial charge is 0.315 e. The quantitative estimate of drug-likeness (QED) is 0.733. The zero-order valence-corrected chi connectivity index (χ0v) is 13.6. The molecule has 0 fully saturated rings. The lowest BCUT2D eigenvalue weighted by molar-refractivity contribution is 0.200. The van der Waals surface area contributed by atoms with Gasteiger partial charge in [0.25, 0.3) is 0 Å². The summed E-state index contributed by atoms with van der Waals surface area (Å²) in [5, 5.41) is 14.9. The molecule has 2 amide bonds. The maximum atomic E-state index is 12.0. The lowest BCUT2D eigenvalue weighted by atomic mass is 9.95. The summed E-state index contributed by atoms with van der Waals surface area (Å²) in [4.78, 5) is 16.0. The minimum atomic E-state index is -0.385. The molecule has 0 saturated carbocycles. The second-order valence-corrected chi connectivity index (χ2v) is 5.83. The van der Waals surface area contributed by atoms with Crippen molar-refractivity contribution in [2.45, 2.75) is 38.8 Å². The first kappa shape index (κ1) is 17.0. The zero-order valence-electron chi connectivity index (χ0n) is 13.6. The van der Waals surface area contributed by atoms with Crippen LogP contribution in [0.15, 0.2) is 43.0 Å². The number of amides is 2. The number of imidazole rings is 1. The van der Waals surface area contributed by atoms with E-state index < -0.39 is 0 Å². The van der Waals surface area contributed by atoms with Crippen LogP contribution in [-0.4, -0.2) is 32.8 Å². The molecule has 1 atom stereocenters. The second-order valence-electron chi connectivity index (χ2n) is 5.83. The van der Waals surface area contributed by atoms with Gasteiger partial charge in [0.05, 0.1) is 6.33 Å². The minimum absolute atomic E-state index is 0.0559. The first-order valence-electron chi connectivity index (χ1n) is 7.80. The largest absolute Gasteiger partial charge is 0.396 e. The highest BCUT2D eigenvalue weighted by atomic mass is 16.3. The third kappa shape index (κ3) is 4.82. The number of rotatable bonds is 7.